The number of nitrogens with one attached hydrogen (secondary N) is 1. The summed E-state index contributed by atoms with van der Waals surface area (Å²) < 4.78 is 5.22. The quantitative estimate of drug-likeness (QED) is 0.845. The van der Waals surface area contributed by atoms with Crippen molar-refractivity contribution in [2.24, 2.45) is 0 Å². The summed E-state index contributed by atoms with van der Waals surface area (Å²) in [6.45, 7) is 0.743. The summed E-state index contributed by atoms with van der Waals surface area (Å²) in [5.41, 5.74) is 1.02. The molecule has 1 aliphatic heterocycles. The second-order valence-electron chi connectivity index (χ2n) is 5.14. The van der Waals surface area contributed by atoms with Crippen molar-refractivity contribution in [2.75, 3.05) is 40.8 Å². The number of likely N-dealkylation sites (N-methyl/N-ethyl adjacent to an activating group) is 2. The van der Waals surface area contributed by atoms with Crippen molar-refractivity contribution in [3.05, 3.63) is 29.8 Å². The lowest BCUT2D eigenvalue weighted by atomic mass is 10.1. The first-order valence-electron chi connectivity index (χ1n) is 6.88. The van der Waals surface area contributed by atoms with Crippen LogP contribution in [0.2, 0.25) is 0 Å². The molecular weight excluding hydrogens is 270 g/mol. The molecule has 0 aliphatic carbocycles. The number of carbonyl (C=O) groups is 2. The minimum atomic E-state index is -0.0414. The molecule has 1 atom stereocenters. The zero-order chi connectivity index (χ0) is 15.4. The molecule has 1 heterocycles. The number of rotatable bonds is 5. The zero-order valence-electron chi connectivity index (χ0n) is 12.6. The molecule has 1 fully saturated rings. The average Bonchev–Trinajstić information content (AvgIpc) is 2.49. The van der Waals surface area contributed by atoms with Gasteiger partial charge in [-0.25, -0.2) is 0 Å². The Hall–Kier alpha value is -2.08. The first-order valence-corrected chi connectivity index (χ1v) is 6.88. The molecule has 2 rings (SSSR count). The number of methoxy groups -OCH3 is 1. The first kappa shape index (κ1) is 15.3. The monoisotopic (exact) mass is 291 g/mol. The summed E-state index contributed by atoms with van der Waals surface area (Å²) in [5.74, 6) is 0.712. The van der Waals surface area contributed by atoms with Gasteiger partial charge in [-0.3, -0.25) is 9.59 Å². The molecule has 1 saturated heterocycles. The maximum absolute atomic E-state index is 12.0. The van der Waals surface area contributed by atoms with Crippen molar-refractivity contribution in [3.8, 4) is 5.75 Å². The van der Waals surface area contributed by atoms with E-state index in [9.17, 15) is 9.59 Å². The summed E-state index contributed by atoms with van der Waals surface area (Å²) in [6.07, 6.45) is 0. The van der Waals surface area contributed by atoms with E-state index >= 15 is 0 Å². The van der Waals surface area contributed by atoms with Gasteiger partial charge in [-0.1, -0.05) is 12.1 Å². The number of benzene rings is 1. The number of amides is 2. The minimum absolute atomic E-state index is 0.0275. The summed E-state index contributed by atoms with van der Waals surface area (Å²) >= 11 is 0. The molecule has 21 heavy (non-hydrogen) atoms. The van der Waals surface area contributed by atoms with Gasteiger partial charge in [0.05, 0.1) is 20.2 Å². The second kappa shape index (κ2) is 6.58. The van der Waals surface area contributed by atoms with E-state index in [0.717, 1.165) is 11.3 Å². The molecule has 1 aliphatic rings. The predicted molar refractivity (Wildman–Crippen MR) is 79.0 cm³/mol. The molecule has 6 heteroatoms. The molecule has 0 radical (unpaired) electrons. The molecule has 1 unspecified atom stereocenters. The van der Waals surface area contributed by atoms with Gasteiger partial charge in [0.25, 0.3) is 0 Å². The molecule has 1 N–H and O–H groups in total. The van der Waals surface area contributed by atoms with Gasteiger partial charge in [0, 0.05) is 19.6 Å². The van der Waals surface area contributed by atoms with Gasteiger partial charge in [0.2, 0.25) is 11.8 Å². The summed E-state index contributed by atoms with van der Waals surface area (Å²) in [4.78, 5) is 26.8. The molecule has 6 nitrogen and oxygen atoms in total. The van der Waals surface area contributed by atoms with Gasteiger partial charge in [0.15, 0.2) is 0 Å². The summed E-state index contributed by atoms with van der Waals surface area (Å²) in [7, 11) is 5.11. The van der Waals surface area contributed by atoms with E-state index in [1.807, 2.05) is 31.3 Å². The third-order valence-corrected chi connectivity index (χ3v) is 3.72. The van der Waals surface area contributed by atoms with Gasteiger partial charge in [-0.2, -0.15) is 0 Å². The van der Waals surface area contributed by atoms with Gasteiger partial charge in [0.1, 0.15) is 5.75 Å². The number of ether oxygens (including phenoxy) is 1. The molecule has 2 amide bonds. The number of carbonyl (C=O) groups excluding carboxylic acids is 2. The van der Waals surface area contributed by atoms with Crippen molar-refractivity contribution >= 4 is 11.8 Å². The lowest BCUT2D eigenvalue weighted by molar-refractivity contribution is -0.149. The minimum Gasteiger partial charge on any atom is -0.497 e. The van der Waals surface area contributed by atoms with Crippen LogP contribution in [0.5, 0.6) is 5.75 Å². The first-order chi connectivity index (χ1) is 10.0. The van der Waals surface area contributed by atoms with Crippen molar-refractivity contribution in [2.45, 2.75) is 6.04 Å². The Bertz CT molecular complexity index is 533. The van der Waals surface area contributed by atoms with Crippen LogP contribution in [0.1, 0.15) is 11.6 Å². The fourth-order valence-corrected chi connectivity index (χ4v) is 2.37. The largest absolute Gasteiger partial charge is 0.497 e. The van der Waals surface area contributed by atoms with Crippen molar-refractivity contribution < 1.29 is 14.3 Å². The Balaban J connectivity index is 2.11. The van der Waals surface area contributed by atoms with E-state index < -0.39 is 0 Å². The maximum atomic E-state index is 12.0. The Morgan fingerprint density at radius 3 is 2.71 bits per heavy atom. The van der Waals surface area contributed by atoms with Crippen LogP contribution in [-0.4, -0.2) is 62.5 Å². The maximum Gasteiger partial charge on any atom is 0.242 e. The van der Waals surface area contributed by atoms with E-state index in [-0.39, 0.29) is 30.9 Å². The van der Waals surface area contributed by atoms with Crippen molar-refractivity contribution in [3.63, 3.8) is 0 Å². The van der Waals surface area contributed by atoms with E-state index in [1.165, 1.54) is 4.90 Å². The van der Waals surface area contributed by atoms with Crippen LogP contribution in [0, 0.1) is 0 Å². The van der Waals surface area contributed by atoms with Crippen LogP contribution in [-0.2, 0) is 9.59 Å². The Morgan fingerprint density at radius 2 is 2.05 bits per heavy atom. The number of nitrogens with zero attached hydrogens (tertiary/aromatic N) is 2. The number of piperazine rings is 1. The van der Waals surface area contributed by atoms with Crippen LogP contribution in [0.25, 0.3) is 0 Å². The van der Waals surface area contributed by atoms with E-state index in [0.29, 0.717) is 6.54 Å². The van der Waals surface area contributed by atoms with Gasteiger partial charge >= 0.3 is 0 Å². The van der Waals surface area contributed by atoms with Crippen LogP contribution >= 0.6 is 0 Å². The second-order valence-corrected chi connectivity index (χ2v) is 5.14. The molecule has 0 aromatic heterocycles. The molecule has 1 aromatic carbocycles. The Morgan fingerprint density at radius 1 is 1.29 bits per heavy atom. The molecule has 0 spiro atoms. The van der Waals surface area contributed by atoms with Crippen LogP contribution in [0.3, 0.4) is 0 Å². The third kappa shape index (κ3) is 3.52. The van der Waals surface area contributed by atoms with E-state index in [4.69, 9.17) is 4.74 Å². The van der Waals surface area contributed by atoms with Crippen LogP contribution < -0.4 is 10.1 Å². The molecule has 114 valence electrons. The lowest BCUT2D eigenvalue weighted by Gasteiger charge is -2.34. The zero-order valence-corrected chi connectivity index (χ0v) is 12.6. The fraction of sp³-hybridized carbons (Fsp3) is 0.467. The highest BCUT2D eigenvalue weighted by Crippen LogP contribution is 2.20. The topological polar surface area (TPSA) is 61.9 Å². The molecular formula is C15H21N3O3. The average molecular weight is 291 g/mol. The molecule has 1 aromatic rings. The Kier molecular flexibility index (Phi) is 4.80. The van der Waals surface area contributed by atoms with Crippen molar-refractivity contribution in [1.29, 1.82) is 0 Å². The third-order valence-electron chi connectivity index (χ3n) is 3.72. The van der Waals surface area contributed by atoms with Crippen LogP contribution in [0.15, 0.2) is 24.3 Å². The van der Waals surface area contributed by atoms with Gasteiger partial charge < -0.3 is 19.9 Å². The van der Waals surface area contributed by atoms with E-state index in [1.54, 1.807) is 19.1 Å². The lowest BCUT2D eigenvalue weighted by Crippen LogP contribution is -2.53. The molecule has 0 bridgehead atoms. The summed E-state index contributed by atoms with van der Waals surface area (Å²) in [5, 5.41) is 3.19. The standard InChI is InChI=1S/C15H21N3O3/c1-16-13(11-5-4-6-12(7-11)21-3)8-18-10-14(19)17(2)9-15(18)20/h4-7,13,16H,8-10H2,1-3H3. The smallest absolute Gasteiger partial charge is 0.242 e. The number of hydrogen-bond acceptors (Lipinski definition) is 4. The molecule has 0 saturated carbocycles. The fourth-order valence-electron chi connectivity index (χ4n) is 2.37. The Labute approximate surface area is 124 Å². The van der Waals surface area contributed by atoms with E-state index in [2.05, 4.69) is 5.32 Å². The normalized spacial score (nSPS) is 17.1. The van der Waals surface area contributed by atoms with Gasteiger partial charge in [-0.15, -0.1) is 0 Å². The SMILES string of the molecule is CNC(CN1CC(=O)N(C)CC1=O)c1cccc(OC)c1. The van der Waals surface area contributed by atoms with Crippen LogP contribution in [0.4, 0.5) is 0 Å². The highest BCUT2D eigenvalue weighted by atomic mass is 16.5. The van der Waals surface area contributed by atoms with Gasteiger partial charge in [-0.05, 0) is 24.7 Å². The highest BCUT2D eigenvalue weighted by molar-refractivity contribution is 5.92. The number of hydrogen-bond donors (Lipinski definition) is 1. The summed E-state index contributed by atoms with van der Waals surface area (Å²) in [6, 6.07) is 7.66. The highest BCUT2D eigenvalue weighted by Gasteiger charge is 2.29. The van der Waals surface area contributed by atoms with Crippen molar-refractivity contribution in [1.82, 2.24) is 15.1 Å². The predicted octanol–water partition coefficient (Wildman–Crippen LogP) is 0.256.